The Morgan fingerprint density at radius 2 is 1.88 bits per heavy atom. The maximum atomic E-state index is 12.3. The topological polar surface area (TPSA) is 104 Å². The molecule has 1 aliphatic rings. The first-order valence-corrected chi connectivity index (χ1v) is 14.6. The quantitative estimate of drug-likeness (QED) is 0.122. The van der Waals surface area contributed by atoms with E-state index in [0.717, 1.165) is 47.2 Å². The highest BCUT2D eigenvalue weighted by atomic mass is 35.5. The minimum absolute atomic E-state index is 0.216. The lowest BCUT2D eigenvalue weighted by atomic mass is 10.0. The van der Waals surface area contributed by atoms with Crippen molar-refractivity contribution in [3.05, 3.63) is 80.6 Å². The van der Waals surface area contributed by atoms with Crippen LogP contribution in [0.1, 0.15) is 30.2 Å². The molecule has 0 spiro atoms. The number of nitrogens with zero attached hydrogens (tertiary/aromatic N) is 2. The average molecular weight is 592 g/mol. The molecule has 1 aromatic heterocycles. The SMILES string of the molecule is COc1cc(COP(OCC2C=CC(n3cc(C)c(=O)[nH]c3=O)O2)N(C)CCCCCl)c(OC)c2ccccc12. The van der Waals surface area contributed by atoms with Crippen LogP contribution >= 0.6 is 20.1 Å². The molecule has 2 heterocycles. The molecule has 0 fully saturated rings. The van der Waals surface area contributed by atoms with Crippen LogP contribution in [0.3, 0.4) is 0 Å². The van der Waals surface area contributed by atoms with Crippen molar-refractivity contribution in [3.8, 4) is 11.5 Å². The number of aryl methyl sites for hydroxylation is 1. The molecule has 4 rings (SSSR count). The number of unbranched alkanes of at least 4 members (excludes halogenated alkanes) is 1. The third-order valence-electron chi connectivity index (χ3n) is 6.51. The zero-order valence-corrected chi connectivity index (χ0v) is 24.7. The maximum absolute atomic E-state index is 12.3. The van der Waals surface area contributed by atoms with Gasteiger partial charge in [0.15, 0.2) is 6.23 Å². The Morgan fingerprint density at radius 3 is 2.60 bits per heavy atom. The third-order valence-corrected chi connectivity index (χ3v) is 8.25. The van der Waals surface area contributed by atoms with E-state index in [-0.39, 0.29) is 13.2 Å². The molecule has 1 aliphatic heterocycles. The van der Waals surface area contributed by atoms with Crippen LogP contribution in [0.5, 0.6) is 11.5 Å². The molecule has 40 heavy (non-hydrogen) atoms. The molecule has 10 nitrogen and oxygen atoms in total. The van der Waals surface area contributed by atoms with Crippen molar-refractivity contribution in [3.63, 3.8) is 0 Å². The van der Waals surface area contributed by atoms with Gasteiger partial charge in [-0.2, -0.15) is 0 Å². The van der Waals surface area contributed by atoms with Crippen LogP contribution in [0.15, 0.2) is 58.3 Å². The van der Waals surface area contributed by atoms with Gasteiger partial charge in [-0.25, -0.2) is 9.46 Å². The summed E-state index contributed by atoms with van der Waals surface area (Å²) in [5.41, 5.74) is 0.320. The summed E-state index contributed by atoms with van der Waals surface area (Å²) in [4.78, 5) is 26.3. The summed E-state index contributed by atoms with van der Waals surface area (Å²) in [6, 6.07) is 9.84. The molecule has 0 saturated heterocycles. The minimum atomic E-state index is -1.47. The smallest absolute Gasteiger partial charge is 0.330 e. The average Bonchev–Trinajstić information content (AvgIpc) is 3.43. The number of hydrogen-bond acceptors (Lipinski definition) is 8. The number of fused-ring (bicyclic) bond motifs is 1. The fraction of sp³-hybridized carbons (Fsp3) is 0.429. The van der Waals surface area contributed by atoms with Gasteiger partial charge in [-0.3, -0.25) is 14.3 Å². The molecule has 0 bridgehead atoms. The highest BCUT2D eigenvalue weighted by molar-refractivity contribution is 7.44. The number of methoxy groups -OCH3 is 2. The van der Waals surface area contributed by atoms with Gasteiger partial charge in [-0.05, 0) is 39.0 Å². The molecule has 0 saturated carbocycles. The Kier molecular flexibility index (Phi) is 10.8. The Hall–Kier alpha value is -2.72. The number of hydrogen-bond donors (Lipinski definition) is 1. The monoisotopic (exact) mass is 591 g/mol. The molecule has 1 N–H and O–H groups in total. The molecule has 3 aromatic rings. The number of aromatic nitrogens is 2. The molecular weight excluding hydrogens is 557 g/mol. The number of halogens is 1. The second-order valence-electron chi connectivity index (χ2n) is 9.33. The molecule has 2 aromatic carbocycles. The zero-order chi connectivity index (χ0) is 28.6. The Bertz CT molecular complexity index is 1440. The van der Waals surface area contributed by atoms with E-state index in [1.807, 2.05) is 48.1 Å². The fourth-order valence-electron chi connectivity index (χ4n) is 4.42. The van der Waals surface area contributed by atoms with Gasteiger partial charge in [0.25, 0.3) is 14.1 Å². The summed E-state index contributed by atoms with van der Waals surface area (Å²) in [6.45, 7) is 2.84. The normalized spacial score (nSPS) is 17.6. The number of H-pyrrole nitrogens is 1. The van der Waals surface area contributed by atoms with Crippen LogP contribution in [0.25, 0.3) is 10.8 Å². The molecule has 3 atom stereocenters. The van der Waals surface area contributed by atoms with Crippen LogP contribution in [-0.2, 0) is 20.4 Å². The highest BCUT2D eigenvalue weighted by Crippen LogP contribution is 2.45. The summed E-state index contributed by atoms with van der Waals surface area (Å²) in [6.07, 6.45) is 5.85. The van der Waals surface area contributed by atoms with E-state index in [2.05, 4.69) is 4.98 Å². The second-order valence-corrected chi connectivity index (χ2v) is 11.4. The third kappa shape index (κ3) is 7.13. The number of benzene rings is 2. The van der Waals surface area contributed by atoms with Crippen molar-refractivity contribution in [2.45, 2.75) is 38.7 Å². The Labute approximate surface area is 239 Å². The lowest BCUT2D eigenvalue weighted by molar-refractivity contribution is -0.00779. The first kappa shape index (κ1) is 30.2. The largest absolute Gasteiger partial charge is 0.496 e. The predicted molar refractivity (Wildman–Crippen MR) is 156 cm³/mol. The van der Waals surface area contributed by atoms with E-state index in [9.17, 15) is 9.59 Å². The lowest BCUT2D eigenvalue weighted by Crippen LogP contribution is -2.33. The predicted octanol–water partition coefficient (Wildman–Crippen LogP) is 4.88. The summed E-state index contributed by atoms with van der Waals surface area (Å²) in [7, 11) is 3.77. The van der Waals surface area contributed by atoms with Gasteiger partial charge in [0, 0.05) is 40.5 Å². The van der Waals surface area contributed by atoms with Crippen LogP contribution in [-0.4, -0.2) is 60.6 Å². The first-order chi connectivity index (χ1) is 19.4. The van der Waals surface area contributed by atoms with Crippen LogP contribution in [0, 0.1) is 6.92 Å². The van der Waals surface area contributed by atoms with Crippen molar-refractivity contribution >= 4 is 30.9 Å². The van der Waals surface area contributed by atoms with E-state index in [1.54, 1.807) is 27.2 Å². The minimum Gasteiger partial charge on any atom is -0.496 e. The van der Waals surface area contributed by atoms with E-state index in [1.165, 1.54) is 10.8 Å². The van der Waals surface area contributed by atoms with Crippen molar-refractivity contribution in [1.29, 1.82) is 0 Å². The van der Waals surface area contributed by atoms with Crippen LogP contribution < -0.4 is 20.7 Å². The Morgan fingerprint density at radius 1 is 1.10 bits per heavy atom. The summed E-state index contributed by atoms with van der Waals surface area (Å²) < 4.78 is 33.4. The second kappa shape index (κ2) is 14.3. The molecule has 3 unspecified atom stereocenters. The molecule has 0 amide bonds. The maximum Gasteiger partial charge on any atom is 0.330 e. The number of aromatic amines is 1. The molecule has 12 heteroatoms. The van der Waals surface area contributed by atoms with Crippen molar-refractivity contribution in [2.75, 3.05) is 40.3 Å². The van der Waals surface area contributed by atoms with Crippen molar-refractivity contribution < 1.29 is 23.3 Å². The van der Waals surface area contributed by atoms with Crippen molar-refractivity contribution in [1.82, 2.24) is 14.2 Å². The Balaban J connectivity index is 1.46. The van der Waals surface area contributed by atoms with Gasteiger partial charge in [-0.15, -0.1) is 11.6 Å². The van der Waals surface area contributed by atoms with Crippen LogP contribution in [0.4, 0.5) is 0 Å². The number of ether oxygens (including phenoxy) is 3. The lowest BCUT2D eigenvalue weighted by Gasteiger charge is -2.27. The van der Waals surface area contributed by atoms with Gasteiger partial charge in [0.05, 0.1) is 27.4 Å². The summed E-state index contributed by atoms with van der Waals surface area (Å²) in [5, 5.41) is 1.89. The number of alkyl halides is 1. The highest BCUT2D eigenvalue weighted by Gasteiger charge is 2.26. The van der Waals surface area contributed by atoms with Gasteiger partial charge < -0.3 is 23.3 Å². The first-order valence-electron chi connectivity index (χ1n) is 13.0. The summed E-state index contributed by atoms with van der Waals surface area (Å²) in [5.74, 6) is 2.05. The zero-order valence-electron chi connectivity index (χ0n) is 23.1. The molecule has 0 radical (unpaired) electrons. The van der Waals surface area contributed by atoms with Gasteiger partial charge in [-0.1, -0.05) is 30.3 Å². The van der Waals surface area contributed by atoms with Crippen molar-refractivity contribution in [2.24, 2.45) is 0 Å². The van der Waals surface area contributed by atoms with Gasteiger partial charge in [0.1, 0.15) is 17.6 Å². The van der Waals surface area contributed by atoms with Gasteiger partial charge >= 0.3 is 5.69 Å². The number of rotatable bonds is 14. The van der Waals surface area contributed by atoms with E-state index in [0.29, 0.717) is 11.4 Å². The molecule has 216 valence electrons. The molecule has 0 aliphatic carbocycles. The van der Waals surface area contributed by atoms with E-state index < -0.39 is 32.1 Å². The van der Waals surface area contributed by atoms with E-state index >= 15 is 0 Å². The number of nitrogens with one attached hydrogen (secondary N) is 1. The van der Waals surface area contributed by atoms with Crippen LogP contribution in [0.2, 0.25) is 0 Å². The fourth-order valence-corrected chi connectivity index (χ4v) is 5.90. The standard InChI is InChI=1S/C28H35ClN3O7P/c1-19-16-32(28(34)30-27(19)33)25-12-11-21(39-25)18-38-40(31(2)14-8-7-13-29)37-17-20-15-24(35-3)22-9-5-6-10-23(22)26(20)36-4/h5-6,9-12,15-16,21,25H,7-8,13-14,17-18H2,1-4H3,(H,30,33,34). The summed E-state index contributed by atoms with van der Waals surface area (Å²) >= 11 is 5.89. The van der Waals surface area contributed by atoms with E-state index in [4.69, 9.17) is 34.9 Å². The van der Waals surface area contributed by atoms with Gasteiger partial charge in [0.2, 0.25) is 0 Å². The molecular formula is C28H35ClN3O7P.